The van der Waals surface area contributed by atoms with Crippen molar-refractivity contribution in [2.45, 2.75) is 38.5 Å². The van der Waals surface area contributed by atoms with Crippen molar-refractivity contribution in [3.8, 4) is 0 Å². The minimum absolute atomic E-state index is 0.176. The van der Waals surface area contributed by atoms with E-state index in [1.807, 2.05) is 13.8 Å². The Labute approximate surface area is 91.9 Å². The Bertz CT molecular complexity index is 359. The van der Waals surface area contributed by atoms with Gasteiger partial charge in [-0.3, -0.25) is 0 Å². The predicted molar refractivity (Wildman–Crippen MR) is 58.0 cm³/mol. The number of nitrogens with zero attached hydrogens (tertiary/aromatic N) is 1. The standard InChI is InChI=1S/C11H13BrFN/c1-6(2)9-10(12)8(7-3-4-7)5-14-11(9)13/h5-7H,3-4H2,1-2H3. The van der Waals surface area contributed by atoms with Gasteiger partial charge in [0, 0.05) is 16.2 Å². The third-order valence-corrected chi connectivity index (χ3v) is 3.51. The van der Waals surface area contributed by atoms with Crippen LogP contribution in [0.3, 0.4) is 0 Å². The molecule has 1 nitrogen and oxygen atoms in total. The molecule has 1 aromatic rings. The Kier molecular flexibility index (Phi) is 2.60. The van der Waals surface area contributed by atoms with Gasteiger partial charge in [0.05, 0.1) is 0 Å². The van der Waals surface area contributed by atoms with Crippen LogP contribution in [-0.4, -0.2) is 4.98 Å². The van der Waals surface area contributed by atoms with Crippen molar-refractivity contribution in [3.63, 3.8) is 0 Å². The zero-order valence-electron chi connectivity index (χ0n) is 8.35. The lowest BCUT2D eigenvalue weighted by Crippen LogP contribution is -2.01. The molecule has 2 rings (SSSR count). The van der Waals surface area contributed by atoms with E-state index in [1.165, 1.54) is 18.4 Å². The molecular formula is C11H13BrFN. The fraction of sp³-hybridized carbons (Fsp3) is 0.545. The fourth-order valence-corrected chi connectivity index (χ4v) is 2.72. The molecule has 76 valence electrons. The smallest absolute Gasteiger partial charge is 0.217 e. The molecule has 0 aromatic carbocycles. The lowest BCUT2D eigenvalue weighted by atomic mass is 10.0. The van der Waals surface area contributed by atoms with Crippen molar-refractivity contribution in [2.24, 2.45) is 0 Å². The van der Waals surface area contributed by atoms with Crippen LogP contribution in [0.15, 0.2) is 10.7 Å². The van der Waals surface area contributed by atoms with Crippen LogP contribution in [0, 0.1) is 5.95 Å². The highest BCUT2D eigenvalue weighted by Gasteiger charge is 2.28. The highest BCUT2D eigenvalue weighted by Crippen LogP contribution is 2.45. The van der Waals surface area contributed by atoms with Gasteiger partial charge >= 0.3 is 0 Å². The SMILES string of the molecule is CC(C)c1c(F)ncc(C2CC2)c1Br. The molecule has 3 heteroatoms. The summed E-state index contributed by atoms with van der Waals surface area (Å²) in [5.41, 5.74) is 1.89. The first-order chi connectivity index (χ1) is 6.61. The predicted octanol–water partition coefficient (Wildman–Crippen LogP) is 3.98. The van der Waals surface area contributed by atoms with Gasteiger partial charge in [0.2, 0.25) is 5.95 Å². The van der Waals surface area contributed by atoms with E-state index >= 15 is 0 Å². The van der Waals surface area contributed by atoms with Gasteiger partial charge in [0.15, 0.2) is 0 Å². The first kappa shape index (κ1) is 10.1. The molecule has 0 aliphatic heterocycles. The monoisotopic (exact) mass is 257 g/mol. The molecule has 0 bridgehead atoms. The minimum atomic E-state index is -0.337. The van der Waals surface area contributed by atoms with Gasteiger partial charge in [-0.1, -0.05) is 13.8 Å². The number of rotatable bonds is 2. The number of aromatic nitrogens is 1. The van der Waals surface area contributed by atoms with Crippen LogP contribution in [0.25, 0.3) is 0 Å². The second kappa shape index (κ2) is 3.61. The summed E-state index contributed by atoms with van der Waals surface area (Å²) in [4.78, 5) is 3.83. The summed E-state index contributed by atoms with van der Waals surface area (Å²) >= 11 is 3.49. The molecule has 1 aromatic heterocycles. The Hall–Kier alpha value is -0.440. The number of hydrogen-bond acceptors (Lipinski definition) is 1. The highest BCUT2D eigenvalue weighted by molar-refractivity contribution is 9.10. The molecule has 14 heavy (non-hydrogen) atoms. The summed E-state index contributed by atoms with van der Waals surface area (Å²) in [6, 6.07) is 0. The van der Waals surface area contributed by atoms with Gasteiger partial charge in [-0.25, -0.2) is 4.98 Å². The van der Waals surface area contributed by atoms with E-state index < -0.39 is 0 Å². The third kappa shape index (κ3) is 1.70. The van der Waals surface area contributed by atoms with Crippen molar-refractivity contribution in [3.05, 3.63) is 27.7 Å². The average Bonchev–Trinajstić information content (AvgIpc) is 2.86. The summed E-state index contributed by atoms with van der Waals surface area (Å²) in [6.07, 6.45) is 4.09. The number of hydrogen-bond donors (Lipinski definition) is 0. The van der Waals surface area contributed by atoms with E-state index in [0.717, 1.165) is 10.0 Å². The maximum Gasteiger partial charge on any atom is 0.217 e. The molecule has 1 fully saturated rings. The molecule has 1 heterocycles. The van der Waals surface area contributed by atoms with Gasteiger partial charge in [0.1, 0.15) is 0 Å². The number of halogens is 2. The van der Waals surface area contributed by atoms with Gasteiger partial charge in [-0.15, -0.1) is 0 Å². The Morgan fingerprint density at radius 2 is 2.14 bits per heavy atom. The second-order valence-corrected chi connectivity index (χ2v) is 4.95. The van der Waals surface area contributed by atoms with E-state index in [9.17, 15) is 4.39 Å². The molecule has 0 spiro atoms. The molecule has 1 aliphatic carbocycles. The van der Waals surface area contributed by atoms with Crippen molar-refractivity contribution < 1.29 is 4.39 Å². The van der Waals surface area contributed by atoms with E-state index in [2.05, 4.69) is 20.9 Å². The maximum absolute atomic E-state index is 13.4. The maximum atomic E-state index is 13.4. The third-order valence-electron chi connectivity index (χ3n) is 2.62. The van der Waals surface area contributed by atoms with E-state index in [0.29, 0.717) is 5.92 Å². The van der Waals surface area contributed by atoms with Gasteiger partial charge < -0.3 is 0 Å². The van der Waals surface area contributed by atoms with Crippen LogP contribution in [0.5, 0.6) is 0 Å². The summed E-state index contributed by atoms with van der Waals surface area (Å²) < 4.78 is 14.4. The molecule has 0 atom stereocenters. The normalized spacial score (nSPS) is 16.4. The van der Waals surface area contributed by atoms with Crippen LogP contribution in [0.1, 0.15) is 49.7 Å². The Balaban J connectivity index is 2.50. The van der Waals surface area contributed by atoms with Gasteiger partial charge in [-0.2, -0.15) is 4.39 Å². The second-order valence-electron chi connectivity index (χ2n) is 4.16. The molecule has 1 saturated carbocycles. The average molecular weight is 258 g/mol. The van der Waals surface area contributed by atoms with Gasteiger partial charge in [-0.05, 0) is 46.2 Å². The summed E-state index contributed by atoms with van der Waals surface area (Å²) in [5.74, 6) is 0.446. The van der Waals surface area contributed by atoms with Crippen LogP contribution in [0.2, 0.25) is 0 Å². The van der Waals surface area contributed by atoms with E-state index in [-0.39, 0.29) is 11.9 Å². The first-order valence-electron chi connectivity index (χ1n) is 4.95. The highest BCUT2D eigenvalue weighted by atomic mass is 79.9. The minimum Gasteiger partial charge on any atom is -0.228 e. The molecule has 0 amide bonds. The quantitative estimate of drug-likeness (QED) is 0.731. The van der Waals surface area contributed by atoms with Crippen LogP contribution >= 0.6 is 15.9 Å². The zero-order valence-corrected chi connectivity index (χ0v) is 9.94. The molecule has 0 saturated heterocycles. The van der Waals surface area contributed by atoms with Crippen molar-refractivity contribution in [2.75, 3.05) is 0 Å². The van der Waals surface area contributed by atoms with E-state index in [4.69, 9.17) is 0 Å². The van der Waals surface area contributed by atoms with Crippen LogP contribution in [-0.2, 0) is 0 Å². The molecule has 0 N–H and O–H groups in total. The summed E-state index contributed by atoms with van der Waals surface area (Å²) in [6.45, 7) is 3.98. The molecule has 0 radical (unpaired) electrons. The summed E-state index contributed by atoms with van der Waals surface area (Å²) in [5, 5.41) is 0. The molecular weight excluding hydrogens is 245 g/mol. The van der Waals surface area contributed by atoms with Crippen molar-refractivity contribution in [1.29, 1.82) is 0 Å². The van der Waals surface area contributed by atoms with Gasteiger partial charge in [0.25, 0.3) is 0 Å². The van der Waals surface area contributed by atoms with E-state index in [1.54, 1.807) is 6.20 Å². The zero-order chi connectivity index (χ0) is 10.3. The lowest BCUT2D eigenvalue weighted by molar-refractivity contribution is 0.552. The first-order valence-corrected chi connectivity index (χ1v) is 5.74. The largest absolute Gasteiger partial charge is 0.228 e. The summed E-state index contributed by atoms with van der Waals surface area (Å²) in [7, 11) is 0. The van der Waals surface area contributed by atoms with Crippen LogP contribution in [0.4, 0.5) is 4.39 Å². The molecule has 0 unspecified atom stereocenters. The molecule has 1 aliphatic rings. The Morgan fingerprint density at radius 3 is 2.64 bits per heavy atom. The van der Waals surface area contributed by atoms with Crippen molar-refractivity contribution >= 4 is 15.9 Å². The number of pyridine rings is 1. The Morgan fingerprint density at radius 1 is 1.50 bits per heavy atom. The van der Waals surface area contributed by atoms with Crippen LogP contribution < -0.4 is 0 Å². The van der Waals surface area contributed by atoms with Crippen molar-refractivity contribution in [1.82, 2.24) is 4.98 Å². The fourth-order valence-electron chi connectivity index (χ4n) is 1.67. The topological polar surface area (TPSA) is 12.9 Å². The lowest BCUT2D eigenvalue weighted by Gasteiger charge is -2.12.